The summed E-state index contributed by atoms with van der Waals surface area (Å²) >= 11 is 0. The Kier molecular flexibility index (Phi) is 6.18. The van der Waals surface area contributed by atoms with Crippen LogP contribution >= 0.6 is 0 Å². The minimum Gasteiger partial charge on any atom is -0.344 e. The first kappa shape index (κ1) is 25.8. The lowest BCUT2D eigenvalue weighted by Gasteiger charge is -2.35. The molecule has 204 valence electrons. The standard InChI is InChI=1S/C28H24F3N7O2/c1-16(17-5-4-6-17)35-37-15-36(23-13-33-24(12-32)34-25(23)37)14-18-9-10-19(28(29,30)31)11-22(18)38-26(39)20-7-2-3-8-21(20)27(38)40/h2-3,7-11,13,16-17,35H,4-6,14-15H2,1H3/t16-/m1/s1. The van der Waals surface area contributed by atoms with E-state index in [1.807, 2.05) is 16.0 Å². The molecule has 9 nitrogen and oxygen atoms in total. The summed E-state index contributed by atoms with van der Waals surface area (Å²) in [5.41, 5.74) is 3.54. The summed E-state index contributed by atoms with van der Waals surface area (Å²) in [7, 11) is 0. The highest BCUT2D eigenvalue weighted by atomic mass is 19.4. The Hall–Kier alpha value is -4.50. The number of nitrogens with one attached hydrogen (secondary N) is 1. The molecule has 1 atom stereocenters. The van der Waals surface area contributed by atoms with E-state index >= 15 is 0 Å². The second-order valence-electron chi connectivity index (χ2n) is 10.2. The Bertz CT molecular complexity index is 1530. The van der Waals surface area contributed by atoms with E-state index in [1.165, 1.54) is 30.8 Å². The summed E-state index contributed by atoms with van der Waals surface area (Å²) < 4.78 is 41.2. The number of imide groups is 1. The predicted molar refractivity (Wildman–Crippen MR) is 139 cm³/mol. The van der Waals surface area contributed by atoms with E-state index < -0.39 is 23.6 Å². The van der Waals surface area contributed by atoms with Crippen molar-refractivity contribution in [3.8, 4) is 6.07 Å². The van der Waals surface area contributed by atoms with Gasteiger partial charge < -0.3 is 4.90 Å². The number of nitrogens with zero attached hydrogens (tertiary/aromatic N) is 6. The topological polar surface area (TPSA) is 105 Å². The number of hydrazine groups is 1. The van der Waals surface area contributed by atoms with Crippen LogP contribution in [-0.2, 0) is 12.7 Å². The van der Waals surface area contributed by atoms with Gasteiger partial charge in [-0.1, -0.05) is 24.6 Å². The van der Waals surface area contributed by atoms with Gasteiger partial charge in [-0.25, -0.2) is 15.3 Å². The Balaban J connectivity index is 1.37. The first-order chi connectivity index (χ1) is 19.2. The molecule has 1 fully saturated rings. The van der Waals surface area contributed by atoms with Gasteiger partial charge in [0.05, 0.1) is 28.6 Å². The average molecular weight is 548 g/mol. The quantitative estimate of drug-likeness (QED) is 0.445. The van der Waals surface area contributed by atoms with E-state index in [1.54, 1.807) is 12.1 Å². The minimum atomic E-state index is -4.67. The van der Waals surface area contributed by atoms with Crippen molar-refractivity contribution in [1.29, 1.82) is 5.26 Å². The fourth-order valence-electron chi connectivity index (χ4n) is 5.38. The Morgan fingerprint density at radius 3 is 2.40 bits per heavy atom. The molecule has 3 aliphatic rings. The number of hydrogen-bond donors (Lipinski definition) is 1. The first-order valence-electron chi connectivity index (χ1n) is 12.9. The van der Waals surface area contributed by atoms with Crippen LogP contribution < -0.4 is 20.2 Å². The summed E-state index contributed by atoms with van der Waals surface area (Å²) in [4.78, 5) is 37.6. The number of halogens is 3. The molecule has 3 heterocycles. The van der Waals surface area contributed by atoms with Gasteiger partial charge in [-0.3, -0.25) is 14.6 Å². The molecule has 1 aliphatic carbocycles. The fraction of sp³-hybridized carbons (Fsp3) is 0.321. The van der Waals surface area contributed by atoms with Gasteiger partial charge in [0.1, 0.15) is 18.4 Å². The van der Waals surface area contributed by atoms with Crippen molar-refractivity contribution in [2.24, 2.45) is 5.92 Å². The summed E-state index contributed by atoms with van der Waals surface area (Å²) in [6.07, 6.45) is 0.227. The molecule has 0 bridgehead atoms. The second-order valence-corrected chi connectivity index (χ2v) is 10.2. The normalized spacial score (nSPS) is 17.5. The highest BCUT2D eigenvalue weighted by molar-refractivity contribution is 6.34. The van der Waals surface area contributed by atoms with Crippen molar-refractivity contribution < 1.29 is 22.8 Å². The van der Waals surface area contributed by atoms with Gasteiger partial charge in [-0.2, -0.15) is 23.4 Å². The van der Waals surface area contributed by atoms with Crippen molar-refractivity contribution in [3.05, 3.63) is 76.7 Å². The zero-order chi connectivity index (χ0) is 28.2. The zero-order valence-corrected chi connectivity index (χ0v) is 21.4. The third kappa shape index (κ3) is 4.32. The number of carbonyl (C=O) groups excluding carboxylic acids is 2. The minimum absolute atomic E-state index is 0.00931. The highest BCUT2D eigenvalue weighted by Gasteiger charge is 2.40. The van der Waals surface area contributed by atoms with Gasteiger partial charge in [0.15, 0.2) is 5.82 Å². The molecule has 1 saturated carbocycles. The molecule has 0 unspecified atom stereocenters. The van der Waals surface area contributed by atoms with Gasteiger partial charge in [0, 0.05) is 12.6 Å². The van der Waals surface area contributed by atoms with Crippen LogP contribution in [0.3, 0.4) is 0 Å². The maximum atomic E-state index is 13.7. The van der Waals surface area contributed by atoms with Gasteiger partial charge in [-0.05, 0) is 55.5 Å². The van der Waals surface area contributed by atoms with E-state index in [2.05, 4.69) is 22.3 Å². The summed E-state index contributed by atoms with van der Waals surface area (Å²) in [6.45, 7) is 2.40. The van der Waals surface area contributed by atoms with Gasteiger partial charge in [-0.15, -0.1) is 0 Å². The Morgan fingerprint density at radius 2 is 1.80 bits per heavy atom. The predicted octanol–water partition coefficient (Wildman–Crippen LogP) is 4.64. The number of anilines is 3. The molecule has 12 heteroatoms. The molecular formula is C28H24F3N7O2. The molecule has 0 spiro atoms. The molecule has 2 aliphatic heterocycles. The first-order valence-corrected chi connectivity index (χ1v) is 12.9. The zero-order valence-electron chi connectivity index (χ0n) is 21.4. The molecule has 1 N–H and O–H groups in total. The van der Waals surface area contributed by atoms with E-state index in [0.717, 1.165) is 29.9 Å². The van der Waals surface area contributed by atoms with Gasteiger partial charge in [0.25, 0.3) is 11.8 Å². The largest absolute Gasteiger partial charge is 0.416 e. The number of alkyl halides is 3. The molecule has 40 heavy (non-hydrogen) atoms. The van der Waals surface area contributed by atoms with Crippen molar-refractivity contribution in [3.63, 3.8) is 0 Å². The van der Waals surface area contributed by atoms with E-state index in [-0.39, 0.29) is 41.9 Å². The number of rotatable bonds is 6. The Morgan fingerprint density at radius 1 is 1.10 bits per heavy atom. The Labute approximate surface area is 227 Å². The van der Waals surface area contributed by atoms with E-state index in [4.69, 9.17) is 0 Å². The number of hydrogen-bond acceptors (Lipinski definition) is 8. The fourth-order valence-corrected chi connectivity index (χ4v) is 5.38. The molecule has 0 radical (unpaired) electrons. The molecule has 6 rings (SSSR count). The van der Waals surface area contributed by atoms with Gasteiger partial charge >= 0.3 is 6.18 Å². The summed E-state index contributed by atoms with van der Waals surface area (Å²) in [5.74, 6) is -0.382. The van der Waals surface area contributed by atoms with Crippen LogP contribution in [0.4, 0.5) is 30.4 Å². The van der Waals surface area contributed by atoms with Crippen LogP contribution in [0.1, 0.15) is 63.9 Å². The van der Waals surface area contributed by atoms with Crippen LogP contribution in [0.15, 0.2) is 48.7 Å². The SMILES string of the molecule is C[C@@H](NN1CN(Cc2ccc(C(F)(F)F)cc2N2C(=O)c3ccccc3C2=O)c2cnc(C#N)nc21)C1CCC1. The summed E-state index contributed by atoms with van der Waals surface area (Å²) in [5, 5.41) is 11.2. The van der Waals surface area contributed by atoms with Crippen LogP contribution in [-0.4, -0.2) is 34.5 Å². The van der Waals surface area contributed by atoms with Crippen molar-refractivity contribution in [1.82, 2.24) is 15.4 Å². The average Bonchev–Trinajstić information content (AvgIpc) is 3.36. The number of benzene rings is 2. The molecular weight excluding hydrogens is 523 g/mol. The van der Waals surface area contributed by atoms with Crippen molar-refractivity contribution >= 4 is 29.0 Å². The van der Waals surface area contributed by atoms with Crippen LogP contribution in [0.5, 0.6) is 0 Å². The number of nitriles is 1. The van der Waals surface area contributed by atoms with Crippen LogP contribution in [0.2, 0.25) is 0 Å². The van der Waals surface area contributed by atoms with E-state index in [9.17, 15) is 28.0 Å². The number of fused-ring (bicyclic) bond motifs is 2. The third-order valence-corrected chi connectivity index (χ3v) is 7.78. The molecule has 1 aromatic heterocycles. The number of aromatic nitrogens is 2. The third-order valence-electron chi connectivity index (χ3n) is 7.78. The molecule has 2 amide bonds. The van der Waals surface area contributed by atoms with Crippen LogP contribution in [0.25, 0.3) is 0 Å². The molecule has 0 saturated heterocycles. The summed E-state index contributed by atoms with van der Waals surface area (Å²) in [6, 6.07) is 11.3. The van der Waals surface area contributed by atoms with Crippen LogP contribution in [0, 0.1) is 17.2 Å². The molecule has 3 aromatic rings. The lowest BCUT2D eigenvalue weighted by atomic mass is 9.81. The maximum Gasteiger partial charge on any atom is 0.416 e. The van der Waals surface area contributed by atoms with E-state index in [0.29, 0.717) is 23.0 Å². The van der Waals surface area contributed by atoms with Crippen molar-refractivity contribution in [2.45, 2.75) is 44.9 Å². The molecule has 2 aromatic carbocycles. The lowest BCUT2D eigenvalue weighted by Crippen LogP contribution is -2.49. The monoisotopic (exact) mass is 547 g/mol. The maximum absolute atomic E-state index is 13.7. The number of carbonyl (C=O) groups is 2. The lowest BCUT2D eigenvalue weighted by molar-refractivity contribution is -0.137. The van der Waals surface area contributed by atoms with Gasteiger partial charge in [0.2, 0.25) is 5.82 Å². The number of amides is 2. The highest BCUT2D eigenvalue weighted by Crippen LogP contribution is 2.40. The smallest absolute Gasteiger partial charge is 0.344 e. The van der Waals surface area contributed by atoms with Crippen molar-refractivity contribution in [2.75, 3.05) is 21.5 Å². The second kappa shape index (κ2) is 9.60.